The van der Waals surface area contributed by atoms with Gasteiger partial charge in [-0.25, -0.2) is 14.8 Å². The van der Waals surface area contributed by atoms with E-state index in [1.165, 1.54) is 5.56 Å². The first kappa shape index (κ1) is 20.1. The number of hydrogen-bond acceptors (Lipinski definition) is 5. The highest BCUT2D eigenvalue weighted by atomic mass is 16.6. The molecule has 0 spiro atoms. The van der Waals surface area contributed by atoms with Crippen molar-refractivity contribution in [3.63, 3.8) is 0 Å². The molecule has 2 heterocycles. The Morgan fingerprint density at radius 1 is 1.11 bits per heavy atom. The van der Waals surface area contributed by atoms with Crippen molar-refractivity contribution in [1.82, 2.24) is 14.9 Å². The van der Waals surface area contributed by atoms with Crippen LogP contribution in [0.1, 0.15) is 43.4 Å². The van der Waals surface area contributed by atoms with E-state index in [0.717, 1.165) is 42.2 Å². The number of fused-ring (bicyclic) bond motifs is 1. The maximum atomic E-state index is 12.5. The van der Waals surface area contributed by atoms with E-state index in [-0.39, 0.29) is 6.09 Å². The molecule has 3 rings (SSSR count). The molecular weight excluding hydrogens is 352 g/mol. The summed E-state index contributed by atoms with van der Waals surface area (Å²) in [5.41, 5.74) is 2.94. The Labute approximate surface area is 167 Å². The molecule has 0 atom stereocenters. The summed E-state index contributed by atoms with van der Waals surface area (Å²) in [4.78, 5) is 23.8. The predicted octanol–water partition coefficient (Wildman–Crippen LogP) is 3.64. The van der Waals surface area contributed by atoms with Crippen molar-refractivity contribution in [3.05, 3.63) is 53.0 Å². The van der Waals surface area contributed by atoms with Gasteiger partial charge >= 0.3 is 6.09 Å². The van der Waals surface area contributed by atoms with Crippen LogP contribution in [0.4, 0.5) is 10.6 Å². The number of benzene rings is 1. The highest BCUT2D eigenvalue weighted by Gasteiger charge is 2.26. The van der Waals surface area contributed by atoms with Gasteiger partial charge in [0.05, 0.1) is 5.69 Å². The molecule has 0 unspecified atom stereocenters. The van der Waals surface area contributed by atoms with Gasteiger partial charge in [0.25, 0.3) is 0 Å². The molecule has 0 radical (unpaired) electrons. The van der Waals surface area contributed by atoms with Crippen LogP contribution in [0.5, 0.6) is 0 Å². The highest BCUT2D eigenvalue weighted by Crippen LogP contribution is 2.23. The second kappa shape index (κ2) is 8.59. The number of aryl methyl sites for hydroxylation is 2. The molecule has 0 saturated carbocycles. The topological polar surface area (TPSA) is 67.4 Å². The molecule has 0 saturated heterocycles. The monoisotopic (exact) mass is 382 g/mol. The van der Waals surface area contributed by atoms with Crippen LogP contribution < -0.4 is 5.32 Å². The van der Waals surface area contributed by atoms with Gasteiger partial charge in [-0.2, -0.15) is 0 Å². The van der Waals surface area contributed by atoms with Gasteiger partial charge in [0.1, 0.15) is 17.2 Å². The number of nitrogens with zero attached hydrogens (tertiary/aromatic N) is 3. The number of ether oxygens (including phenoxy) is 1. The van der Waals surface area contributed by atoms with Crippen LogP contribution in [0, 0.1) is 0 Å². The van der Waals surface area contributed by atoms with Crippen molar-refractivity contribution < 1.29 is 9.53 Å². The molecule has 1 amide bonds. The quantitative estimate of drug-likeness (QED) is 0.874. The first-order valence-corrected chi connectivity index (χ1v) is 9.94. The number of aromatic nitrogens is 2. The fraction of sp³-hybridized carbons (Fsp3) is 0.500. The summed E-state index contributed by atoms with van der Waals surface area (Å²) in [7, 11) is 1.89. The van der Waals surface area contributed by atoms with Crippen molar-refractivity contribution in [2.24, 2.45) is 0 Å². The van der Waals surface area contributed by atoms with Crippen LogP contribution in [-0.4, -0.2) is 46.7 Å². The first-order chi connectivity index (χ1) is 13.4. The molecule has 1 N–H and O–H groups in total. The van der Waals surface area contributed by atoms with Crippen LogP contribution in [0.15, 0.2) is 30.3 Å². The third-order valence-electron chi connectivity index (χ3n) is 4.76. The summed E-state index contributed by atoms with van der Waals surface area (Å²) in [6.07, 6.45) is 2.88. The number of nitrogens with one attached hydrogen (secondary N) is 1. The number of rotatable bonds is 4. The molecule has 1 aliphatic rings. The van der Waals surface area contributed by atoms with E-state index in [4.69, 9.17) is 14.7 Å². The minimum Gasteiger partial charge on any atom is -0.444 e. The third-order valence-corrected chi connectivity index (χ3v) is 4.76. The van der Waals surface area contributed by atoms with Crippen LogP contribution in [-0.2, 0) is 30.4 Å². The van der Waals surface area contributed by atoms with Crippen molar-refractivity contribution in [1.29, 1.82) is 0 Å². The van der Waals surface area contributed by atoms with Crippen molar-refractivity contribution in [2.45, 2.75) is 52.1 Å². The lowest BCUT2D eigenvalue weighted by Crippen LogP contribution is -2.38. The molecule has 1 aliphatic heterocycles. The minimum atomic E-state index is -0.489. The van der Waals surface area contributed by atoms with Crippen molar-refractivity contribution >= 4 is 11.9 Å². The molecule has 0 fully saturated rings. The molecule has 0 bridgehead atoms. The predicted molar refractivity (Wildman–Crippen MR) is 111 cm³/mol. The summed E-state index contributed by atoms with van der Waals surface area (Å²) in [6, 6.07) is 10.4. The SMILES string of the molecule is CNc1nc(CCc2ccccc2)nc2c1CCN(C(=O)OC(C)(C)C)CC2. The van der Waals surface area contributed by atoms with Gasteiger partial charge in [0.15, 0.2) is 0 Å². The van der Waals surface area contributed by atoms with E-state index in [0.29, 0.717) is 19.5 Å². The number of carbonyl (C=O) groups is 1. The molecule has 1 aromatic heterocycles. The van der Waals surface area contributed by atoms with Gasteiger partial charge < -0.3 is 15.0 Å². The van der Waals surface area contributed by atoms with E-state index in [1.54, 1.807) is 4.90 Å². The number of anilines is 1. The van der Waals surface area contributed by atoms with Crippen LogP contribution >= 0.6 is 0 Å². The van der Waals surface area contributed by atoms with Gasteiger partial charge in [-0.3, -0.25) is 0 Å². The van der Waals surface area contributed by atoms with Gasteiger partial charge in [0, 0.05) is 38.5 Å². The highest BCUT2D eigenvalue weighted by molar-refractivity contribution is 5.68. The zero-order chi connectivity index (χ0) is 20.1. The Morgan fingerprint density at radius 3 is 2.50 bits per heavy atom. The Kier molecular flexibility index (Phi) is 6.17. The molecule has 6 nitrogen and oxygen atoms in total. The Morgan fingerprint density at radius 2 is 1.82 bits per heavy atom. The Bertz CT molecular complexity index is 815. The smallest absolute Gasteiger partial charge is 0.410 e. The van der Waals surface area contributed by atoms with E-state index < -0.39 is 5.60 Å². The van der Waals surface area contributed by atoms with E-state index in [9.17, 15) is 4.79 Å². The van der Waals surface area contributed by atoms with E-state index in [1.807, 2.05) is 33.9 Å². The summed E-state index contributed by atoms with van der Waals surface area (Å²) >= 11 is 0. The van der Waals surface area contributed by atoms with Crippen LogP contribution in [0.3, 0.4) is 0 Å². The largest absolute Gasteiger partial charge is 0.444 e. The van der Waals surface area contributed by atoms with E-state index in [2.05, 4.69) is 29.6 Å². The van der Waals surface area contributed by atoms with Crippen molar-refractivity contribution in [3.8, 4) is 0 Å². The second-order valence-electron chi connectivity index (χ2n) is 8.12. The molecule has 6 heteroatoms. The molecule has 28 heavy (non-hydrogen) atoms. The molecule has 150 valence electrons. The zero-order valence-electron chi connectivity index (χ0n) is 17.3. The fourth-order valence-electron chi connectivity index (χ4n) is 3.38. The van der Waals surface area contributed by atoms with Crippen molar-refractivity contribution in [2.75, 3.05) is 25.5 Å². The average molecular weight is 383 g/mol. The average Bonchev–Trinajstić information content (AvgIpc) is 2.88. The maximum Gasteiger partial charge on any atom is 0.410 e. The summed E-state index contributed by atoms with van der Waals surface area (Å²) in [5.74, 6) is 1.72. The summed E-state index contributed by atoms with van der Waals surface area (Å²) in [5, 5.41) is 3.22. The van der Waals surface area contributed by atoms with Gasteiger partial charge in [-0.05, 0) is 39.2 Å². The lowest BCUT2D eigenvalue weighted by atomic mass is 10.1. The lowest BCUT2D eigenvalue weighted by Gasteiger charge is -2.26. The maximum absolute atomic E-state index is 12.5. The zero-order valence-corrected chi connectivity index (χ0v) is 17.3. The molecule has 0 aliphatic carbocycles. The third kappa shape index (κ3) is 5.21. The summed E-state index contributed by atoms with van der Waals surface area (Å²) < 4.78 is 5.53. The molecule has 2 aromatic rings. The Balaban J connectivity index is 1.73. The van der Waals surface area contributed by atoms with Gasteiger partial charge in [-0.15, -0.1) is 0 Å². The van der Waals surface area contributed by atoms with Crippen LogP contribution in [0.2, 0.25) is 0 Å². The number of carbonyl (C=O) groups excluding carboxylic acids is 1. The lowest BCUT2D eigenvalue weighted by molar-refractivity contribution is 0.0258. The normalized spacial score (nSPS) is 14.2. The molecular formula is C22H30N4O2. The standard InChI is InChI=1S/C22H30N4O2/c1-22(2,3)28-21(27)26-14-12-17-18(13-15-26)24-19(25-20(17)23-4)11-10-16-8-6-5-7-9-16/h5-9H,10-15H2,1-4H3,(H,23,24,25). The fourth-order valence-corrected chi connectivity index (χ4v) is 3.38. The van der Waals surface area contributed by atoms with E-state index >= 15 is 0 Å². The minimum absolute atomic E-state index is 0.261. The van der Waals surface area contributed by atoms with Gasteiger partial charge in [-0.1, -0.05) is 30.3 Å². The molecule has 1 aromatic carbocycles. The number of hydrogen-bond donors (Lipinski definition) is 1. The summed E-state index contributed by atoms with van der Waals surface area (Å²) in [6.45, 7) is 6.90. The van der Waals surface area contributed by atoms with Crippen LogP contribution in [0.25, 0.3) is 0 Å². The van der Waals surface area contributed by atoms with Gasteiger partial charge in [0.2, 0.25) is 0 Å². The Hall–Kier alpha value is -2.63. The first-order valence-electron chi connectivity index (χ1n) is 9.94. The number of amides is 1. The second-order valence-corrected chi connectivity index (χ2v) is 8.12.